The summed E-state index contributed by atoms with van der Waals surface area (Å²) in [6, 6.07) is 7.76. The van der Waals surface area contributed by atoms with E-state index in [4.69, 9.17) is 0 Å². The first kappa shape index (κ1) is 14.5. The molecule has 0 bridgehead atoms. The molecule has 1 aliphatic heterocycles. The molecule has 22 heavy (non-hydrogen) atoms. The summed E-state index contributed by atoms with van der Waals surface area (Å²) in [4.78, 5) is 11.5. The maximum absolute atomic E-state index is 11.5. The number of carbonyl (C=O) groups excluding carboxylic acids is 1. The van der Waals surface area contributed by atoms with Gasteiger partial charge < -0.3 is 9.88 Å². The van der Waals surface area contributed by atoms with Gasteiger partial charge in [0.1, 0.15) is 5.82 Å². The van der Waals surface area contributed by atoms with Crippen LogP contribution in [0.25, 0.3) is 11.4 Å². The topological polar surface area (TPSA) is 59.8 Å². The van der Waals surface area contributed by atoms with Gasteiger partial charge in [0.2, 0.25) is 5.91 Å². The van der Waals surface area contributed by atoms with Crippen LogP contribution in [0.2, 0.25) is 0 Å². The van der Waals surface area contributed by atoms with E-state index in [0.29, 0.717) is 0 Å². The van der Waals surface area contributed by atoms with Gasteiger partial charge in [-0.05, 0) is 50.1 Å². The third kappa shape index (κ3) is 3.08. The number of nitrogens with one attached hydrogen (secondary N) is 1. The number of carbonyl (C=O) groups is 1. The summed E-state index contributed by atoms with van der Waals surface area (Å²) in [7, 11) is 0. The summed E-state index contributed by atoms with van der Waals surface area (Å²) >= 11 is 0. The third-order valence-electron chi connectivity index (χ3n) is 3.84. The molecule has 0 fully saturated rings. The molecule has 0 unspecified atom stereocenters. The minimum atomic E-state index is -0.119. The Bertz CT molecular complexity index is 685. The van der Waals surface area contributed by atoms with Gasteiger partial charge >= 0.3 is 0 Å². The molecule has 0 aliphatic carbocycles. The molecule has 1 N–H and O–H groups in total. The summed E-state index contributed by atoms with van der Waals surface area (Å²) in [6.07, 6.45) is 7.84. The molecule has 1 aromatic heterocycles. The van der Waals surface area contributed by atoms with Gasteiger partial charge in [-0.1, -0.05) is 12.5 Å². The average molecular weight is 296 g/mol. The summed E-state index contributed by atoms with van der Waals surface area (Å²) in [5, 5.41) is 11.5. The maximum atomic E-state index is 11.5. The molecule has 0 radical (unpaired) electrons. The fourth-order valence-corrected chi connectivity index (χ4v) is 2.74. The van der Waals surface area contributed by atoms with E-state index in [1.807, 2.05) is 31.2 Å². The summed E-state index contributed by atoms with van der Waals surface area (Å²) in [6.45, 7) is 2.80. The maximum Gasteiger partial charge on any atom is 0.248 e. The molecule has 0 saturated carbocycles. The van der Waals surface area contributed by atoms with E-state index >= 15 is 0 Å². The van der Waals surface area contributed by atoms with Crippen LogP contribution in [0, 0.1) is 0 Å². The number of nitrogens with zero attached hydrogens (tertiary/aromatic N) is 3. The Morgan fingerprint density at radius 2 is 2.00 bits per heavy atom. The zero-order valence-corrected chi connectivity index (χ0v) is 12.7. The van der Waals surface area contributed by atoms with Crippen molar-refractivity contribution in [2.75, 3.05) is 5.32 Å². The number of rotatable bonds is 3. The zero-order valence-electron chi connectivity index (χ0n) is 12.7. The Balaban J connectivity index is 1.81. The molecule has 1 aliphatic rings. The first-order chi connectivity index (χ1) is 10.8. The summed E-state index contributed by atoms with van der Waals surface area (Å²) in [5.41, 5.74) is 1.81. The highest BCUT2D eigenvalue weighted by Crippen LogP contribution is 2.23. The molecule has 1 amide bonds. The summed E-state index contributed by atoms with van der Waals surface area (Å²) < 4.78 is 2.22. The van der Waals surface area contributed by atoms with Crippen LogP contribution < -0.4 is 5.32 Å². The second-order valence-electron chi connectivity index (χ2n) is 5.47. The summed E-state index contributed by atoms with van der Waals surface area (Å²) in [5.74, 6) is 1.88. The van der Waals surface area contributed by atoms with E-state index < -0.39 is 0 Å². The normalized spacial score (nSPS) is 14.6. The van der Waals surface area contributed by atoms with Crippen LogP contribution in [0.5, 0.6) is 0 Å². The van der Waals surface area contributed by atoms with Crippen LogP contribution >= 0.6 is 0 Å². The Labute approximate surface area is 130 Å². The zero-order chi connectivity index (χ0) is 15.4. The van der Waals surface area contributed by atoms with Crippen molar-refractivity contribution < 1.29 is 4.79 Å². The molecule has 3 rings (SSSR count). The number of anilines is 1. The third-order valence-corrected chi connectivity index (χ3v) is 3.84. The number of benzene rings is 1. The van der Waals surface area contributed by atoms with Crippen molar-refractivity contribution in [3.05, 3.63) is 42.2 Å². The van der Waals surface area contributed by atoms with Crippen molar-refractivity contribution in [2.24, 2.45) is 0 Å². The van der Waals surface area contributed by atoms with Gasteiger partial charge in [-0.25, -0.2) is 0 Å². The number of aryl methyl sites for hydroxylation is 1. The molecule has 0 saturated heterocycles. The highest BCUT2D eigenvalue weighted by atomic mass is 16.1. The Morgan fingerprint density at radius 3 is 2.77 bits per heavy atom. The largest absolute Gasteiger partial charge is 0.323 e. The smallest absolute Gasteiger partial charge is 0.248 e. The molecule has 0 atom stereocenters. The molecule has 2 heterocycles. The quantitative estimate of drug-likeness (QED) is 0.885. The first-order valence-corrected chi connectivity index (χ1v) is 7.74. The van der Waals surface area contributed by atoms with E-state index in [0.717, 1.165) is 35.9 Å². The van der Waals surface area contributed by atoms with Crippen LogP contribution in [-0.4, -0.2) is 20.7 Å². The van der Waals surface area contributed by atoms with Gasteiger partial charge in [-0.2, -0.15) is 0 Å². The number of hydrogen-bond donors (Lipinski definition) is 1. The SMILES string of the molecule is C/C=C/C(=O)Nc1ccc(-c2nnc3n2CCCCC3)cc1. The Kier molecular flexibility index (Phi) is 4.32. The fraction of sp³-hybridized carbons (Fsp3) is 0.353. The van der Waals surface area contributed by atoms with Gasteiger partial charge in [-0.3, -0.25) is 4.79 Å². The fourth-order valence-electron chi connectivity index (χ4n) is 2.74. The average Bonchev–Trinajstić information content (AvgIpc) is 2.77. The monoisotopic (exact) mass is 296 g/mol. The van der Waals surface area contributed by atoms with E-state index in [1.165, 1.54) is 25.3 Å². The van der Waals surface area contributed by atoms with E-state index in [9.17, 15) is 4.79 Å². The minimum Gasteiger partial charge on any atom is -0.323 e. The molecule has 5 nitrogen and oxygen atoms in total. The molecule has 1 aromatic carbocycles. The van der Waals surface area contributed by atoms with Crippen LogP contribution in [0.15, 0.2) is 36.4 Å². The molecule has 114 valence electrons. The predicted octanol–water partition coefficient (Wildman–Crippen LogP) is 3.19. The van der Waals surface area contributed by atoms with Crippen LogP contribution in [-0.2, 0) is 17.8 Å². The lowest BCUT2D eigenvalue weighted by molar-refractivity contribution is -0.111. The number of hydrogen-bond acceptors (Lipinski definition) is 3. The molecular formula is C17H20N4O. The number of fused-ring (bicyclic) bond motifs is 1. The van der Waals surface area contributed by atoms with Crippen molar-refractivity contribution in [3.63, 3.8) is 0 Å². The van der Waals surface area contributed by atoms with Crippen LogP contribution in [0.4, 0.5) is 5.69 Å². The molecule has 0 spiro atoms. The second kappa shape index (κ2) is 6.56. The number of aromatic nitrogens is 3. The van der Waals surface area contributed by atoms with Gasteiger partial charge in [0.05, 0.1) is 0 Å². The van der Waals surface area contributed by atoms with Crippen molar-refractivity contribution in [3.8, 4) is 11.4 Å². The van der Waals surface area contributed by atoms with Crippen LogP contribution in [0.3, 0.4) is 0 Å². The lowest BCUT2D eigenvalue weighted by Crippen LogP contribution is -2.07. The van der Waals surface area contributed by atoms with Crippen molar-refractivity contribution in [2.45, 2.75) is 39.2 Å². The van der Waals surface area contributed by atoms with Gasteiger partial charge in [0, 0.05) is 24.2 Å². The highest BCUT2D eigenvalue weighted by molar-refractivity contribution is 5.99. The number of allylic oxidation sites excluding steroid dienone is 1. The van der Waals surface area contributed by atoms with Crippen molar-refractivity contribution in [1.29, 1.82) is 0 Å². The van der Waals surface area contributed by atoms with E-state index in [2.05, 4.69) is 20.1 Å². The number of amides is 1. The van der Waals surface area contributed by atoms with Gasteiger partial charge in [0.15, 0.2) is 5.82 Å². The lowest BCUT2D eigenvalue weighted by atomic mass is 10.2. The van der Waals surface area contributed by atoms with Gasteiger partial charge in [-0.15, -0.1) is 10.2 Å². The van der Waals surface area contributed by atoms with Crippen molar-refractivity contribution >= 4 is 11.6 Å². The standard InChI is InChI=1S/C17H20N4O/c1-2-6-16(22)18-14-10-8-13(9-11-14)17-20-19-15-7-4-3-5-12-21(15)17/h2,6,8-11H,3-5,7,12H2,1H3,(H,18,22)/b6-2+. The van der Waals surface area contributed by atoms with E-state index in [-0.39, 0.29) is 5.91 Å². The molecular weight excluding hydrogens is 276 g/mol. The second-order valence-corrected chi connectivity index (χ2v) is 5.47. The molecule has 2 aromatic rings. The van der Waals surface area contributed by atoms with Gasteiger partial charge in [0.25, 0.3) is 0 Å². The first-order valence-electron chi connectivity index (χ1n) is 7.74. The highest BCUT2D eigenvalue weighted by Gasteiger charge is 2.15. The Hall–Kier alpha value is -2.43. The van der Waals surface area contributed by atoms with Crippen molar-refractivity contribution in [1.82, 2.24) is 14.8 Å². The predicted molar refractivity (Wildman–Crippen MR) is 86.5 cm³/mol. The van der Waals surface area contributed by atoms with Crippen LogP contribution in [0.1, 0.15) is 32.0 Å². The Morgan fingerprint density at radius 1 is 1.18 bits per heavy atom. The van der Waals surface area contributed by atoms with E-state index in [1.54, 1.807) is 6.08 Å². The minimum absolute atomic E-state index is 0.119. The lowest BCUT2D eigenvalue weighted by Gasteiger charge is -2.08. The molecule has 5 heteroatoms.